The fourth-order valence-corrected chi connectivity index (χ4v) is 7.19. The molecule has 4 heteroatoms. The summed E-state index contributed by atoms with van der Waals surface area (Å²) in [5.41, 5.74) is 6.32. The summed E-state index contributed by atoms with van der Waals surface area (Å²) < 4.78 is 0. The van der Waals surface area contributed by atoms with E-state index in [-0.39, 0.29) is 11.1 Å². The molecule has 2 aliphatic rings. The fourth-order valence-electron chi connectivity index (χ4n) is 7.19. The van der Waals surface area contributed by atoms with Gasteiger partial charge in [-0.15, -0.1) is 0 Å². The number of rotatable bonds is 5. The van der Waals surface area contributed by atoms with Crippen molar-refractivity contribution < 1.29 is 0 Å². The number of allylic oxidation sites excluding steroid dienone is 1. The molecule has 1 saturated heterocycles. The quantitative estimate of drug-likeness (QED) is 0.298. The first-order valence-electron chi connectivity index (χ1n) is 16.5. The summed E-state index contributed by atoms with van der Waals surface area (Å²) in [5.74, 6) is 0. The molecule has 1 heterocycles. The summed E-state index contributed by atoms with van der Waals surface area (Å²) >= 11 is 0. The Hall–Kier alpha value is -2.40. The molecule has 228 valence electrons. The molecule has 1 fully saturated rings. The molecule has 0 spiro atoms. The van der Waals surface area contributed by atoms with E-state index in [4.69, 9.17) is 0 Å². The van der Waals surface area contributed by atoms with Gasteiger partial charge in [-0.2, -0.15) is 0 Å². The third kappa shape index (κ3) is 7.04. The Morgan fingerprint density at radius 1 is 0.690 bits per heavy atom. The van der Waals surface area contributed by atoms with E-state index in [0.717, 1.165) is 84.5 Å². The average Bonchev–Trinajstić information content (AvgIpc) is 2.92. The number of likely N-dealkylation sites (N-methyl/N-ethyl adjacent to an activating group) is 1. The summed E-state index contributed by atoms with van der Waals surface area (Å²) in [5, 5.41) is 5.81. The summed E-state index contributed by atoms with van der Waals surface area (Å²) in [6.07, 6.45) is 5.68. The number of nitrogens with zero attached hydrogens (tertiary/aromatic N) is 4. The lowest BCUT2D eigenvalue weighted by molar-refractivity contribution is 0.0611. The Morgan fingerprint density at radius 2 is 1.26 bits per heavy atom. The second-order valence-electron chi connectivity index (χ2n) is 14.9. The van der Waals surface area contributed by atoms with Gasteiger partial charge in [-0.3, -0.25) is 9.80 Å². The van der Waals surface area contributed by atoms with E-state index in [9.17, 15) is 0 Å². The highest BCUT2D eigenvalue weighted by molar-refractivity contribution is 6.12. The van der Waals surface area contributed by atoms with E-state index in [1.807, 2.05) is 0 Å². The van der Waals surface area contributed by atoms with Crippen molar-refractivity contribution in [2.75, 3.05) is 59.4 Å². The van der Waals surface area contributed by atoms with Crippen LogP contribution in [0.15, 0.2) is 54.7 Å². The van der Waals surface area contributed by atoms with Crippen molar-refractivity contribution in [3.05, 3.63) is 71.4 Å². The Labute approximate surface area is 256 Å². The Balaban J connectivity index is 1.26. The first-order valence-corrected chi connectivity index (χ1v) is 16.5. The molecule has 3 aromatic rings. The van der Waals surface area contributed by atoms with Gasteiger partial charge in [0.2, 0.25) is 0 Å². The van der Waals surface area contributed by atoms with Gasteiger partial charge in [-0.1, -0.05) is 49.0 Å². The Bertz CT molecular complexity index is 1390. The molecule has 0 aromatic heterocycles. The number of benzene rings is 3. The molecule has 1 aliphatic carbocycles. The van der Waals surface area contributed by atoms with Gasteiger partial charge in [-0.05, 0) is 119 Å². The molecule has 3 aromatic carbocycles. The number of aryl methyl sites for hydroxylation is 3. The molecule has 4 nitrogen and oxygen atoms in total. The molecule has 0 amide bonds. The second kappa shape index (κ2) is 12.7. The average molecular weight is 569 g/mol. The topological polar surface area (TPSA) is 13.0 Å². The first kappa shape index (κ1) is 31.0. The van der Waals surface area contributed by atoms with Crippen LogP contribution in [0.1, 0.15) is 71.1 Å². The van der Waals surface area contributed by atoms with Crippen LogP contribution in [0, 0.1) is 0 Å². The summed E-state index contributed by atoms with van der Waals surface area (Å²) in [6, 6.07) is 16.2. The van der Waals surface area contributed by atoms with Crippen molar-refractivity contribution in [2.45, 2.75) is 84.7 Å². The van der Waals surface area contributed by atoms with E-state index >= 15 is 0 Å². The largest absolute Gasteiger partial charge is 0.373 e. The highest BCUT2D eigenvalue weighted by atomic mass is 15.3. The van der Waals surface area contributed by atoms with Gasteiger partial charge in [0.15, 0.2) is 0 Å². The van der Waals surface area contributed by atoms with Gasteiger partial charge in [-0.25, -0.2) is 0 Å². The summed E-state index contributed by atoms with van der Waals surface area (Å²) in [6.45, 7) is 27.5. The Morgan fingerprint density at radius 3 is 1.95 bits per heavy atom. The minimum absolute atomic E-state index is 0.152. The van der Waals surface area contributed by atoms with Crippen LogP contribution in [0.2, 0.25) is 0 Å². The SMILES string of the molecule is C=C(CCCc1ccc2ccc3cccc4c3c2c1CC4)N1CCN(C)CCN(C(C)(C)C)CCN(C(C)(C)C)CC1. The fraction of sp³-hybridized carbons (Fsp3) is 0.579. The monoisotopic (exact) mass is 568 g/mol. The molecule has 1 aliphatic heterocycles. The minimum atomic E-state index is 0.152. The van der Waals surface area contributed by atoms with Crippen LogP contribution in [0.4, 0.5) is 0 Å². The van der Waals surface area contributed by atoms with Crippen LogP contribution >= 0.6 is 0 Å². The van der Waals surface area contributed by atoms with Crippen molar-refractivity contribution >= 4 is 21.5 Å². The molecule has 0 bridgehead atoms. The predicted molar refractivity (Wildman–Crippen MR) is 183 cm³/mol. The van der Waals surface area contributed by atoms with Crippen molar-refractivity contribution in [1.29, 1.82) is 0 Å². The molecule has 5 rings (SSSR count). The van der Waals surface area contributed by atoms with Gasteiger partial charge in [0.05, 0.1) is 0 Å². The van der Waals surface area contributed by atoms with Crippen LogP contribution in [0.25, 0.3) is 21.5 Å². The molecule has 0 N–H and O–H groups in total. The maximum Gasteiger partial charge on any atom is 0.0303 e. The van der Waals surface area contributed by atoms with Crippen molar-refractivity contribution in [1.82, 2.24) is 19.6 Å². The molecule has 0 atom stereocenters. The summed E-state index contributed by atoms with van der Waals surface area (Å²) in [4.78, 5) is 10.5. The highest BCUT2D eigenvalue weighted by Gasteiger charge is 2.27. The van der Waals surface area contributed by atoms with E-state index in [0.29, 0.717) is 0 Å². The normalized spacial score (nSPS) is 18.9. The number of hydrogen-bond acceptors (Lipinski definition) is 4. The molecule has 0 unspecified atom stereocenters. The smallest absolute Gasteiger partial charge is 0.0303 e. The van der Waals surface area contributed by atoms with E-state index < -0.39 is 0 Å². The predicted octanol–water partition coefficient (Wildman–Crippen LogP) is 7.38. The zero-order valence-electron chi connectivity index (χ0n) is 27.7. The lowest BCUT2D eigenvalue weighted by atomic mass is 9.83. The summed E-state index contributed by atoms with van der Waals surface area (Å²) in [7, 11) is 2.29. The Kier molecular flexibility index (Phi) is 9.37. The zero-order valence-corrected chi connectivity index (χ0v) is 27.7. The van der Waals surface area contributed by atoms with Gasteiger partial charge in [0.1, 0.15) is 0 Å². The lowest BCUT2D eigenvalue weighted by Gasteiger charge is -2.43. The van der Waals surface area contributed by atoms with Gasteiger partial charge in [0.25, 0.3) is 0 Å². The molecule has 42 heavy (non-hydrogen) atoms. The van der Waals surface area contributed by atoms with Crippen LogP contribution in [0.3, 0.4) is 0 Å². The van der Waals surface area contributed by atoms with E-state index in [1.165, 1.54) is 32.8 Å². The third-order valence-electron chi connectivity index (χ3n) is 10.0. The molecule has 0 radical (unpaired) electrons. The van der Waals surface area contributed by atoms with Crippen molar-refractivity contribution in [3.63, 3.8) is 0 Å². The highest BCUT2D eigenvalue weighted by Crippen LogP contribution is 2.37. The van der Waals surface area contributed by atoms with E-state index in [2.05, 4.69) is 117 Å². The minimum Gasteiger partial charge on any atom is -0.373 e. The van der Waals surface area contributed by atoms with Crippen molar-refractivity contribution in [2.24, 2.45) is 0 Å². The molecular formula is C38H56N4. The number of hydrogen-bond donors (Lipinski definition) is 0. The van der Waals surface area contributed by atoms with Gasteiger partial charge in [0, 0.05) is 69.1 Å². The molecule has 0 saturated carbocycles. The van der Waals surface area contributed by atoms with Crippen LogP contribution in [0.5, 0.6) is 0 Å². The molecular weight excluding hydrogens is 512 g/mol. The maximum absolute atomic E-state index is 4.66. The third-order valence-corrected chi connectivity index (χ3v) is 10.0. The van der Waals surface area contributed by atoms with Crippen LogP contribution < -0.4 is 0 Å². The zero-order chi connectivity index (χ0) is 30.1. The van der Waals surface area contributed by atoms with Crippen molar-refractivity contribution in [3.8, 4) is 0 Å². The second-order valence-corrected chi connectivity index (χ2v) is 14.9. The van der Waals surface area contributed by atoms with Crippen LogP contribution in [-0.2, 0) is 19.3 Å². The standard InChI is InChI=1S/C38H56N4/c1-29(40-23-21-39(8)22-25-41(37(2,3)4)27-28-42(26-24-40)38(5,6)7)11-9-12-30-15-16-33-18-17-31-13-10-14-32-19-20-34(30)36(33)35(31)32/h10,13-18H,1,9,11-12,19-28H2,2-8H3. The van der Waals surface area contributed by atoms with E-state index in [1.54, 1.807) is 11.1 Å². The lowest BCUT2D eigenvalue weighted by Crippen LogP contribution is -2.53. The van der Waals surface area contributed by atoms with Gasteiger partial charge >= 0.3 is 0 Å². The van der Waals surface area contributed by atoms with Gasteiger partial charge < -0.3 is 9.80 Å². The maximum atomic E-state index is 4.66. The van der Waals surface area contributed by atoms with Crippen LogP contribution in [-0.4, -0.2) is 90.1 Å². The first-order chi connectivity index (χ1) is 19.9.